The van der Waals surface area contributed by atoms with Gasteiger partial charge in [-0.25, -0.2) is 4.98 Å². The van der Waals surface area contributed by atoms with Crippen molar-refractivity contribution in [3.8, 4) is 5.75 Å². The molecule has 3 rings (SSSR count). The maximum absolute atomic E-state index is 12.2. The van der Waals surface area contributed by atoms with Gasteiger partial charge in [0.05, 0.1) is 23.2 Å². The molecule has 1 aromatic carbocycles. The number of para-hydroxylation sites is 1. The Balaban J connectivity index is 1.57. The predicted octanol–water partition coefficient (Wildman–Crippen LogP) is 2.57. The van der Waals surface area contributed by atoms with Crippen molar-refractivity contribution >= 4 is 17.2 Å². The summed E-state index contributed by atoms with van der Waals surface area (Å²) in [4.78, 5) is 16.7. The van der Waals surface area contributed by atoms with Crippen molar-refractivity contribution in [1.82, 2.24) is 10.3 Å². The van der Waals surface area contributed by atoms with E-state index in [9.17, 15) is 4.79 Å². The third-order valence-electron chi connectivity index (χ3n) is 3.60. The van der Waals surface area contributed by atoms with Gasteiger partial charge in [0.25, 0.3) is 0 Å². The first kappa shape index (κ1) is 14.1. The van der Waals surface area contributed by atoms with E-state index in [-0.39, 0.29) is 11.8 Å². The van der Waals surface area contributed by atoms with Crippen LogP contribution in [0.15, 0.2) is 29.6 Å². The summed E-state index contributed by atoms with van der Waals surface area (Å²) in [7, 11) is 0. The van der Waals surface area contributed by atoms with Gasteiger partial charge in [-0.1, -0.05) is 25.1 Å². The summed E-state index contributed by atoms with van der Waals surface area (Å²) >= 11 is 1.64. The highest BCUT2D eigenvalue weighted by Gasteiger charge is 2.25. The first-order valence-corrected chi connectivity index (χ1v) is 8.06. The maximum atomic E-state index is 12.2. The third kappa shape index (κ3) is 3.24. The number of benzene rings is 1. The molecule has 0 fully saturated rings. The molecule has 110 valence electrons. The van der Waals surface area contributed by atoms with Gasteiger partial charge in [0.15, 0.2) is 0 Å². The zero-order chi connectivity index (χ0) is 14.7. The number of ether oxygens (including phenoxy) is 1. The summed E-state index contributed by atoms with van der Waals surface area (Å²) in [6.45, 7) is 3.02. The van der Waals surface area contributed by atoms with Gasteiger partial charge in [0.2, 0.25) is 5.91 Å². The number of aromatic nitrogens is 1. The molecule has 0 unspecified atom stereocenters. The van der Waals surface area contributed by atoms with Gasteiger partial charge < -0.3 is 10.1 Å². The number of hydrogen-bond donors (Lipinski definition) is 1. The number of carbonyl (C=O) groups is 1. The van der Waals surface area contributed by atoms with E-state index >= 15 is 0 Å². The highest BCUT2D eigenvalue weighted by atomic mass is 32.1. The fraction of sp³-hybridized carbons (Fsp3) is 0.375. The van der Waals surface area contributed by atoms with Crippen LogP contribution in [0.3, 0.4) is 0 Å². The summed E-state index contributed by atoms with van der Waals surface area (Å²) in [6.07, 6.45) is 1.67. The van der Waals surface area contributed by atoms with Gasteiger partial charge in [-0.2, -0.15) is 0 Å². The molecule has 1 aromatic heterocycles. The Kier molecular flexibility index (Phi) is 4.20. The van der Waals surface area contributed by atoms with E-state index in [4.69, 9.17) is 4.74 Å². The second-order valence-corrected chi connectivity index (χ2v) is 6.07. The lowest BCUT2D eigenvalue weighted by Crippen LogP contribution is -2.37. The summed E-state index contributed by atoms with van der Waals surface area (Å²) in [5.41, 5.74) is 2.04. The summed E-state index contributed by atoms with van der Waals surface area (Å²) in [6, 6.07) is 7.89. The smallest absolute Gasteiger partial charge is 0.227 e. The van der Waals surface area contributed by atoms with Crippen molar-refractivity contribution in [2.75, 3.05) is 6.61 Å². The van der Waals surface area contributed by atoms with Crippen molar-refractivity contribution in [1.29, 1.82) is 0 Å². The molecule has 1 aliphatic heterocycles. The molecule has 1 N–H and O–H groups in total. The molecule has 0 saturated heterocycles. The summed E-state index contributed by atoms with van der Waals surface area (Å²) in [5, 5.41) is 6.07. The molecule has 0 aliphatic carbocycles. The number of amides is 1. The standard InChI is InChI=1S/C16H18N2O2S/c1-2-15-18-13(10-21-15)8-17-16(19)12-7-11-5-3-4-6-14(11)20-9-12/h3-6,10,12H,2,7-9H2,1H3,(H,17,19)/t12-/m1/s1. The predicted molar refractivity (Wildman–Crippen MR) is 82.5 cm³/mol. The van der Waals surface area contributed by atoms with Crippen LogP contribution in [-0.2, 0) is 24.2 Å². The number of nitrogens with zero attached hydrogens (tertiary/aromatic N) is 1. The molecule has 0 radical (unpaired) electrons. The van der Waals surface area contributed by atoms with Crippen LogP contribution in [0.25, 0.3) is 0 Å². The van der Waals surface area contributed by atoms with Crippen LogP contribution in [0.4, 0.5) is 0 Å². The average molecular weight is 302 g/mol. The molecule has 4 nitrogen and oxygen atoms in total. The highest BCUT2D eigenvalue weighted by Crippen LogP contribution is 2.26. The molecule has 0 spiro atoms. The summed E-state index contributed by atoms with van der Waals surface area (Å²) in [5.74, 6) is 0.813. The monoisotopic (exact) mass is 302 g/mol. The van der Waals surface area contributed by atoms with Crippen LogP contribution in [0.5, 0.6) is 5.75 Å². The van der Waals surface area contributed by atoms with Crippen LogP contribution in [0.2, 0.25) is 0 Å². The van der Waals surface area contributed by atoms with E-state index in [1.54, 1.807) is 11.3 Å². The third-order valence-corrected chi connectivity index (χ3v) is 4.64. The van der Waals surface area contributed by atoms with Crippen molar-refractivity contribution < 1.29 is 9.53 Å². The van der Waals surface area contributed by atoms with Crippen LogP contribution in [-0.4, -0.2) is 17.5 Å². The van der Waals surface area contributed by atoms with Crippen LogP contribution in [0, 0.1) is 5.92 Å². The largest absolute Gasteiger partial charge is 0.492 e. The zero-order valence-electron chi connectivity index (χ0n) is 12.0. The molecule has 1 aliphatic rings. The Bertz CT molecular complexity index is 639. The van der Waals surface area contributed by atoms with Crippen LogP contribution in [0.1, 0.15) is 23.2 Å². The molecule has 5 heteroatoms. The second kappa shape index (κ2) is 6.26. The van der Waals surface area contributed by atoms with Crippen LogP contribution < -0.4 is 10.1 Å². The van der Waals surface area contributed by atoms with Crippen molar-refractivity contribution in [3.05, 3.63) is 45.9 Å². The van der Waals surface area contributed by atoms with Gasteiger partial charge in [-0.15, -0.1) is 11.3 Å². The molecule has 1 atom stereocenters. The first-order chi connectivity index (χ1) is 10.3. The fourth-order valence-corrected chi connectivity index (χ4v) is 3.16. The highest BCUT2D eigenvalue weighted by molar-refractivity contribution is 7.09. The first-order valence-electron chi connectivity index (χ1n) is 7.18. The topological polar surface area (TPSA) is 51.2 Å². The Hall–Kier alpha value is -1.88. The zero-order valence-corrected chi connectivity index (χ0v) is 12.8. The lowest BCUT2D eigenvalue weighted by Gasteiger charge is -2.24. The minimum atomic E-state index is -0.121. The van der Waals surface area contributed by atoms with Gasteiger partial charge in [0, 0.05) is 5.38 Å². The minimum absolute atomic E-state index is 0.0375. The number of rotatable bonds is 4. The number of hydrogen-bond acceptors (Lipinski definition) is 4. The Labute approximate surface area is 128 Å². The lowest BCUT2D eigenvalue weighted by molar-refractivity contribution is -0.126. The van der Waals surface area contributed by atoms with E-state index in [1.165, 1.54) is 0 Å². The van der Waals surface area contributed by atoms with Gasteiger partial charge in [0.1, 0.15) is 12.4 Å². The van der Waals surface area contributed by atoms with E-state index in [0.29, 0.717) is 13.2 Å². The van der Waals surface area contributed by atoms with E-state index in [2.05, 4.69) is 17.2 Å². The number of carbonyl (C=O) groups excluding carboxylic acids is 1. The van der Waals surface area contributed by atoms with E-state index in [1.807, 2.05) is 29.6 Å². The molecule has 1 amide bonds. The molecular weight excluding hydrogens is 284 g/mol. The number of fused-ring (bicyclic) bond motifs is 1. The second-order valence-electron chi connectivity index (χ2n) is 5.12. The van der Waals surface area contributed by atoms with E-state index < -0.39 is 0 Å². The molecule has 21 heavy (non-hydrogen) atoms. The SMILES string of the molecule is CCc1nc(CNC(=O)[C@H]2COc3ccccc3C2)cs1. The van der Waals surface area contributed by atoms with Gasteiger partial charge in [-0.3, -0.25) is 4.79 Å². The summed E-state index contributed by atoms with van der Waals surface area (Å²) < 4.78 is 5.66. The van der Waals surface area contributed by atoms with Crippen LogP contribution >= 0.6 is 11.3 Å². The van der Waals surface area contributed by atoms with Crippen molar-refractivity contribution in [2.24, 2.45) is 5.92 Å². The Morgan fingerprint density at radius 2 is 2.33 bits per heavy atom. The molecular formula is C16H18N2O2S. The normalized spacial score (nSPS) is 16.9. The molecule has 0 saturated carbocycles. The Morgan fingerprint density at radius 1 is 1.48 bits per heavy atom. The molecule has 0 bridgehead atoms. The minimum Gasteiger partial charge on any atom is -0.492 e. The number of thiazole rings is 1. The van der Waals surface area contributed by atoms with Crippen molar-refractivity contribution in [3.63, 3.8) is 0 Å². The maximum Gasteiger partial charge on any atom is 0.227 e. The number of aryl methyl sites for hydroxylation is 1. The number of nitrogens with one attached hydrogen (secondary N) is 1. The average Bonchev–Trinajstić information content (AvgIpc) is 3.00. The van der Waals surface area contributed by atoms with Gasteiger partial charge >= 0.3 is 0 Å². The Morgan fingerprint density at radius 3 is 3.14 bits per heavy atom. The molecule has 2 aromatic rings. The lowest BCUT2D eigenvalue weighted by atomic mass is 9.96. The quantitative estimate of drug-likeness (QED) is 0.944. The van der Waals surface area contributed by atoms with E-state index in [0.717, 1.165) is 34.9 Å². The van der Waals surface area contributed by atoms with Crippen molar-refractivity contribution in [2.45, 2.75) is 26.3 Å². The fourth-order valence-electron chi connectivity index (χ4n) is 2.41. The van der Waals surface area contributed by atoms with Gasteiger partial charge in [-0.05, 0) is 24.5 Å². The molecule has 2 heterocycles.